The summed E-state index contributed by atoms with van der Waals surface area (Å²) in [6.45, 7) is 5.33. The second kappa shape index (κ2) is 4.91. The first-order valence-corrected chi connectivity index (χ1v) is 5.89. The number of carbonyl (C=O) groups excluding carboxylic acids is 1. The highest BCUT2D eigenvalue weighted by molar-refractivity contribution is 5.96. The predicted octanol–water partition coefficient (Wildman–Crippen LogP) is 3.03. The van der Waals surface area contributed by atoms with Gasteiger partial charge in [-0.15, -0.1) is 0 Å². The zero-order valence-corrected chi connectivity index (χ0v) is 11.0. The van der Waals surface area contributed by atoms with Crippen LogP contribution in [-0.4, -0.2) is 15.6 Å². The molecule has 0 aliphatic carbocycles. The van der Waals surface area contributed by atoms with Crippen molar-refractivity contribution in [2.24, 2.45) is 0 Å². The Hall–Kier alpha value is -2.04. The number of hydrogen-bond donors (Lipinski definition) is 0. The summed E-state index contributed by atoms with van der Waals surface area (Å²) < 4.78 is 27.6. The summed E-state index contributed by atoms with van der Waals surface area (Å²) in [7, 11) is 0. The molecule has 0 N–H and O–H groups in total. The number of halogens is 2. The van der Waals surface area contributed by atoms with Crippen molar-refractivity contribution in [3.05, 3.63) is 52.3 Å². The molecule has 1 aromatic carbocycles. The zero-order valence-electron chi connectivity index (χ0n) is 11.0. The van der Waals surface area contributed by atoms with Gasteiger partial charge in [-0.3, -0.25) is 9.48 Å². The number of aryl methyl sites for hydroxylation is 1. The smallest absolute Gasteiger partial charge is 0.163 e. The molecule has 19 heavy (non-hydrogen) atoms. The fourth-order valence-electron chi connectivity index (χ4n) is 2.17. The monoisotopic (exact) mass is 264 g/mol. The minimum atomic E-state index is -0.883. The lowest BCUT2D eigenvalue weighted by Gasteiger charge is -2.05. The van der Waals surface area contributed by atoms with Crippen LogP contribution < -0.4 is 0 Å². The van der Waals surface area contributed by atoms with E-state index in [-0.39, 0.29) is 5.78 Å². The molecule has 0 aliphatic heterocycles. The first-order chi connectivity index (χ1) is 8.90. The Morgan fingerprint density at radius 1 is 1.26 bits per heavy atom. The molecular formula is C14H14F2N2O. The van der Waals surface area contributed by atoms with Gasteiger partial charge in [0.25, 0.3) is 0 Å². The molecule has 0 spiro atoms. The Kier molecular flexibility index (Phi) is 3.46. The quantitative estimate of drug-likeness (QED) is 0.799. The van der Waals surface area contributed by atoms with Crippen molar-refractivity contribution in [1.82, 2.24) is 9.78 Å². The van der Waals surface area contributed by atoms with Crippen LogP contribution in [0.25, 0.3) is 0 Å². The van der Waals surface area contributed by atoms with Crippen molar-refractivity contribution >= 4 is 5.78 Å². The number of benzene rings is 1. The van der Waals surface area contributed by atoms with Crippen molar-refractivity contribution in [3.8, 4) is 0 Å². The van der Waals surface area contributed by atoms with E-state index in [4.69, 9.17) is 0 Å². The van der Waals surface area contributed by atoms with Gasteiger partial charge in [0, 0.05) is 5.69 Å². The Morgan fingerprint density at radius 2 is 1.95 bits per heavy atom. The van der Waals surface area contributed by atoms with Gasteiger partial charge < -0.3 is 0 Å². The third kappa shape index (κ3) is 2.54. The van der Waals surface area contributed by atoms with Crippen LogP contribution in [0.3, 0.4) is 0 Å². The van der Waals surface area contributed by atoms with E-state index in [1.807, 2.05) is 0 Å². The highest BCUT2D eigenvalue weighted by atomic mass is 19.2. The average molecular weight is 264 g/mol. The first-order valence-electron chi connectivity index (χ1n) is 5.89. The van der Waals surface area contributed by atoms with Crippen LogP contribution in [0.1, 0.15) is 34.2 Å². The SMILES string of the molecule is CC(=O)c1c(C)nn(Cc2ccc(F)c(F)c2)c1C. The van der Waals surface area contributed by atoms with Crippen LogP contribution in [0.2, 0.25) is 0 Å². The maximum atomic E-state index is 13.1. The third-order valence-corrected chi connectivity index (χ3v) is 3.05. The van der Waals surface area contributed by atoms with E-state index in [0.29, 0.717) is 23.4 Å². The van der Waals surface area contributed by atoms with Gasteiger partial charge in [-0.2, -0.15) is 5.10 Å². The van der Waals surface area contributed by atoms with Crippen molar-refractivity contribution in [3.63, 3.8) is 0 Å². The fraction of sp³-hybridized carbons (Fsp3) is 0.286. The summed E-state index contributed by atoms with van der Waals surface area (Å²) >= 11 is 0. The number of nitrogens with zero attached hydrogens (tertiary/aromatic N) is 2. The minimum absolute atomic E-state index is 0.0495. The van der Waals surface area contributed by atoms with Gasteiger partial charge >= 0.3 is 0 Å². The lowest BCUT2D eigenvalue weighted by atomic mass is 10.1. The van der Waals surface area contributed by atoms with Gasteiger partial charge in [-0.05, 0) is 38.5 Å². The molecular weight excluding hydrogens is 250 g/mol. The van der Waals surface area contributed by atoms with Crippen molar-refractivity contribution in [2.45, 2.75) is 27.3 Å². The summed E-state index contributed by atoms with van der Waals surface area (Å²) in [5.74, 6) is -1.81. The Bertz CT molecular complexity index is 647. The molecule has 3 nitrogen and oxygen atoms in total. The van der Waals surface area contributed by atoms with E-state index >= 15 is 0 Å². The average Bonchev–Trinajstić information content (AvgIpc) is 2.59. The molecule has 5 heteroatoms. The maximum absolute atomic E-state index is 13.1. The van der Waals surface area contributed by atoms with E-state index < -0.39 is 11.6 Å². The lowest BCUT2D eigenvalue weighted by molar-refractivity contribution is 0.101. The second-order valence-corrected chi connectivity index (χ2v) is 4.51. The van der Waals surface area contributed by atoms with Crippen molar-refractivity contribution in [1.29, 1.82) is 0 Å². The maximum Gasteiger partial charge on any atom is 0.163 e. The van der Waals surface area contributed by atoms with E-state index in [1.54, 1.807) is 18.5 Å². The topological polar surface area (TPSA) is 34.9 Å². The molecule has 0 radical (unpaired) electrons. The Labute approximate surface area is 109 Å². The van der Waals surface area contributed by atoms with Crippen LogP contribution in [-0.2, 0) is 6.54 Å². The summed E-state index contributed by atoms with van der Waals surface area (Å²) in [4.78, 5) is 11.5. The number of carbonyl (C=O) groups is 1. The van der Waals surface area contributed by atoms with Gasteiger partial charge in [0.1, 0.15) is 0 Å². The number of aromatic nitrogens is 2. The van der Waals surface area contributed by atoms with Gasteiger partial charge in [-0.1, -0.05) is 6.07 Å². The number of rotatable bonds is 3. The number of Topliss-reactive ketones (excluding diaryl/α,β-unsaturated/α-hetero) is 1. The molecule has 0 fully saturated rings. The molecule has 0 amide bonds. The third-order valence-electron chi connectivity index (χ3n) is 3.05. The lowest BCUT2D eigenvalue weighted by Crippen LogP contribution is -2.05. The molecule has 0 atom stereocenters. The van der Waals surface area contributed by atoms with E-state index in [2.05, 4.69) is 5.10 Å². The summed E-state index contributed by atoms with van der Waals surface area (Å²) in [5.41, 5.74) is 2.56. The minimum Gasteiger partial charge on any atom is -0.294 e. The zero-order chi connectivity index (χ0) is 14.2. The summed E-state index contributed by atoms with van der Waals surface area (Å²) in [6.07, 6.45) is 0. The Balaban J connectivity index is 2.36. The van der Waals surface area contributed by atoms with Crippen LogP contribution in [0, 0.1) is 25.5 Å². The van der Waals surface area contributed by atoms with Crippen LogP contribution in [0.4, 0.5) is 8.78 Å². The van der Waals surface area contributed by atoms with Crippen LogP contribution in [0.15, 0.2) is 18.2 Å². The molecule has 0 saturated heterocycles. The van der Waals surface area contributed by atoms with E-state index in [0.717, 1.165) is 17.8 Å². The molecule has 1 aromatic heterocycles. The molecule has 0 aliphatic rings. The van der Waals surface area contributed by atoms with Crippen LogP contribution >= 0.6 is 0 Å². The molecule has 2 rings (SSSR count). The molecule has 0 saturated carbocycles. The fourth-order valence-corrected chi connectivity index (χ4v) is 2.17. The normalized spacial score (nSPS) is 10.8. The first kappa shape index (κ1) is 13.4. The number of hydrogen-bond acceptors (Lipinski definition) is 2. The summed E-state index contributed by atoms with van der Waals surface area (Å²) in [5, 5.41) is 4.26. The summed E-state index contributed by atoms with van der Waals surface area (Å²) in [6, 6.07) is 3.73. The predicted molar refractivity (Wildman–Crippen MR) is 67.2 cm³/mol. The van der Waals surface area contributed by atoms with Gasteiger partial charge in [0.15, 0.2) is 17.4 Å². The molecule has 2 aromatic rings. The van der Waals surface area contributed by atoms with Crippen molar-refractivity contribution < 1.29 is 13.6 Å². The second-order valence-electron chi connectivity index (χ2n) is 4.51. The molecule has 0 unspecified atom stereocenters. The molecule has 100 valence electrons. The molecule has 0 bridgehead atoms. The van der Waals surface area contributed by atoms with Gasteiger partial charge in [0.2, 0.25) is 0 Å². The van der Waals surface area contributed by atoms with Crippen molar-refractivity contribution in [2.75, 3.05) is 0 Å². The van der Waals surface area contributed by atoms with Crippen LogP contribution in [0.5, 0.6) is 0 Å². The molecule has 1 heterocycles. The van der Waals surface area contributed by atoms with Gasteiger partial charge in [0.05, 0.1) is 17.8 Å². The highest BCUT2D eigenvalue weighted by Gasteiger charge is 2.15. The standard InChI is InChI=1S/C14H14F2N2O/c1-8-14(10(3)19)9(2)18(17-8)7-11-4-5-12(15)13(16)6-11/h4-6H,7H2,1-3H3. The Morgan fingerprint density at radius 3 is 2.47 bits per heavy atom. The highest BCUT2D eigenvalue weighted by Crippen LogP contribution is 2.16. The van der Waals surface area contributed by atoms with E-state index in [1.165, 1.54) is 13.0 Å². The number of ketones is 1. The largest absolute Gasteiger partial charge is 0.294 e. The van der Waals surface area contributed by atoms with E-state index in [9.17, 15) is 13.6 Å². The van der Waals surface area contributed by atoms with Gasteiger partial charge in [-0.25, -0.2) is 8.78 Å².